The van der Waals surface area contributed by atoms with E-state index in [1.165, 1.54) is 0 Å². The first-order valence-electron chi connectivity index (χ1n) is 9.49. The summed E-state index contributed by atoms with van der Waals surface area (Å²) in [6, 6.07) is 9.75. The minimum atomic E-state index is -0.255. The van der Waals surface area contributed by atoms with Gasteiger partial charge in [0.05, 0.1) is 31.1 Å². The zero-order valence-electron chi connectivity index (χ0n) is 15.6. The minimum absolute atomic E-state index is 0.218. The first-order valence-corrected chi connectivity index (χ1v) is 9.49. The summed E-state index contributed by atoms with van der Waals surface area (Å²) in [7, 11) is 0. The lowest BCUT2D eigenvalue weighted by Gasteiger charge is -2.09. The molecule has 8 nitrogen and oxygen atoms in total. The Labute approximate surface area is 163 Å². The fourth-order valence-corrected chi connectivity index (χ4v) is 3.30. The molecule has 1 saturated heterocycles. The number of carbonyl (C=O) groups excluding carboxylic acids is 1. The normalized spacial score (nSPS) is 16.2. The van der Waals surface area contributed by atoms with Crippen molar-refractivity contribution in [1.29, 1.82) is 0 Å². The van der Waals surface area contributed by atoms with Gasteiger partial charge in [-0.3, -0.25) is 9.36 Å². The molecule has 1 aliphatic rings. The van der Waals surface area contributed by atoms with Crippen LogP contribution in [0.15, 0.2) is 55.1 Å². The van der Waals surface area contributed by atoms with Gasteiger partial charge in [0.2, 0.25) is 0 Å². The number of amides is 2. The quantitative estimate of drug-likeness (QED) is 0.660. The molecule has 8 heteroatoms. The summed E-state index contributed by atoms with van der Waals surface area (Å²) < 4.78 is 9.29. The Bertz CT molecular complexity index is 899. The molecule has 2 amide bonds. The highest BCUT2D eigenvalue weighted by Crippen LogP contribution is 2.15. The number of benzene rings is 1. The van der Waals surface area contributed by atoms with E-state index in [0.717, 1.165) is 30.6 Å². The zero-order valence-corrected chi connectivity index (χ0v) is 15.6. The molecule has 1 aromatic carbocycles. The number of ether oxygens (including phenoxy) is 1. The van der Waals surface area contributed by atoms with Gasteiger partial charge < -0.3 is 15.4 Å². The van der Waals surface area contributed by atoms with Gasteiger partial charge >= 0.3 is 6.03 Å². The van der Waals surface area contributed by atoms with E-state index in [1.807, 2.05) is 46.0 Å². The molecule has 3 heterocycles. The Kier molecular flexibility index (Phi) is 5.67. The average molecular weight is 380 g/mol. The second-order valence-corrected chi connectivity index (χ2v) is 6.92. The van der Waals surface area contributed by atoms with Crippen LogP contribution in [0.2, 0.25) is 0 Å². The molecule has 1 fully saturated rings. The van der Waals surface area contributed by atoms with Crippen molar-refractivity contribution in [1.82, 2.24) is 24.9 Å². The monoisotopic (exact) mass is 380 g/mol. The molecule has 0 spiro atoms. The van der Waals surface area contributed by atoms with Crippen LogP contribution in [0.4, 0.5) is 10.5 Å². The van der Waals surface area contributed by atoms with Gasteiger partial charge in [-0.05, 0) is 30.0 Å². The first kappa shape index (κ1) is 18.2. The fourth-order valence-electron chi connectivity index (χ4n) is 3.30. The molecule has 3 aromatic rings. The number of nitrogens with one attached hydrogen (secondary N) is 2. The minimum Gasteiger partial charge on any atom is -0.376 e. The summed E-state index contributed by atoms with van der Waals surface area (Å²) in [4.78, 5) is 12.2. The number of hydrogen-bond donors (Lipinski definition) is 2. The summed E-state index contributed by atoms with van der Waals surface area (Å²) in [5, 5.41) is 14.2. The number of nitrogens with zero attached hydrogens (tertiary/aromatic N) is 4. The standard InChI is InChI=1S/C20H24N6O2/c27-20(24-18-12-23-26(14-18)15-19-6-2-9-28-19)21-11-16-4-1-5-17(10-16)13-25-8-3-7-22-25/h1,3-5,7-8,10,12,14,19H,2,6,9,11,13,15H2,(H2,21,24,27). The smallest absolute Gasteiger partial charge is 0.319 e. The van der Waals surface area contributed by atoms with Gasteiger partial charge in [0.1, 0.15) is 0 Å². The molecule has 1 atom stereocenters. The van der Waals surface area contributed by atoms with Gasteiger partial charge in [0, 0.05) is 31.7 Å². The van der Waals surface area contributed by atoms with Crippen molar-refractivity contribution < 1.29 is 9.53 Å². The maximum atomic E-state index is 12.2. The van der Waals surface area contributed by atoms with Crippen molar-refractivity contribution in [2.45, 2.75) is 38.6 Å². The first-order chi connectivity index (χ1) is 13.7. The van der Waals surface area contributed by atoms with Crippen LogP contribution in [0.1, 0.15) is 24.0 Å². The Hall–Kier alpha value is -3.13. The van der Waals surface area contributed by atoms with Crippen LogP contribution >= 0.6 is 0 Å². The van der Waals surface area contributed by atoms with E-state index in [9.17, 15) is 4.79 Å². The predicted molar refractivity (Wildman–Crippen MR) is 105 cm³/mol. The van der Waals surface area contributed by atoms with E-state index in [4.69, 9.17) is 4.74 Å². The third kappa shape index (κ3) is 4.98. The lowest BCUT2D eigenvalue weighted by Crippen LogP contribution is -2.28. The number of anilines is 1. The number of rotatable bonds is 7. The highest BCUT2D eigenvalue weighted by molar-refractivity contribution is 5.88. The molecule has 0 aliphatic carbocycles. The molecule has 1 unspecified atom stereocenters. The summed E-state index contributed by atoms with van der Waals surface area (Å²) >= 11 is 0. The van der Waals surface area contributed by atoms with Crippen molar-refractivity contribution in [3.8, 4) is 0 Å². The van der Waals surface area contributed by atoms with E-state index < -0.39 is 0 Å². The van der Waals surface area contributed by atoms with Gasteiger partial charge in [-0.1, -0.05) is 24.3 Å². The van der Waals surface area contributed by atoms with E-state index >= 15 is 0 Å². The van der Waals surface area contributed by atoms with Crippen LogP contribution < -0.4 is 10.6 Å². The van der Waals surface area contributed by atoms with Crippen LogP contribution in [-0.2, 0) is 24.4 Å². The molecular weight excluding hydrogens is 356 g/mol. The summed E-state index contributed by atoms with van der Waals surface area (Å²) in [5.74, 6) is 0. The molecule has 4 rings (SSSR count). The number of hydrogen-bond acceptors (Lipinski definition) is 4. The van der Waals surface area contributed by atoms with E-state index in [-0.39, 0.29) is 12.1 Å². The second-order valence-electron chi connectivity index (χ2n) is 6.92. The predicted octanol–water partition coefficient (Wildman–Crippen LogP) is 2.63. The Morgan fingerprint density at radius 2 is 2.14 bits per heavy atom. The van der Waals surface area contributed by atoms with Gasteiger partial charge in [0.25, 0.3) is 0 Å². The molecule has 2 aromatic heterocycles. The van der Waals surface area contributed by atoms with Crippen LogP contribution in [0.3, 0.4) is 0 Å². The number of carbonyl (C=O) groups is 1. The lowest BCUT2D eigenvalue weighted by molar-refractivity contribution is 0.0940. The SMILES string of the molecule is O=C(NCc1cccc(Cn2cccn2)c1)Nc1cnn(CC2CCCO2)c1. The van der Waals surface area contributed by atoms with E-state index in [0.29, 0.717) is 25.3 Å². The maximum absolute atomic E-state index is 12.2. The van der Waals surface area contributed by atoms with Crippen LogP contribution in [0.5, 0.6) is 0 Å². The zero-order chi connectivity index (χ0) is 19.2. The van der Waals surface area contributed by atoms with Crippen molar-refractivity contribution in [2.24, 2.45) is 0 Å². The molecule has 1 aliphatic heterocycles. The van der Waals surface area contributed by atoms with Gasteiger partial charge in [-0.25, -0.2) is 4.79 Å². The van der Waals surface area contributed by atoms with Crippen LogP contribution in [0, 0.1) is 0 Å². The second kappa shape index (κ2) is 8.71. The lowest BCUT2D eigenvalue weighted by atomic mass is 10.1. The number of urea groups is 1. The van der Waals surface area contributed by atoms with Gasteiger partial charge in [-0.15, -0.1) is 0 Å². The molecule has 0 radical (unpaired) electrons. The summed E-state index contributed by atoms with van der Waals surface area (Å²) in [6.07, 6.45) is 9.54. The number of aromatic nitrogens is 4. The molecular formula is C20H24N6O2. The highest BCUT2D eigenvalue weighted by atomic mass is 16.5. The van der Waals surface area contributed by atoms with Crippen LogP contribution in [0.25, 0.3) is 0 Å². The molecule has 28 heavy (non-hydrogen) atoms. The van der Waals surface area contributed by atoms with Crippen molar-refractivity contribution >= 4 is 11.7 Å². The topological polar surface area (TPSA) is 86.0 Å². The summed E-state index contributed by atoms with van der Waals surface area (Å²) in [6.45, 7) is 2.69. The Morgan fingerprint density at radius 3 is 2.96 bits per heavy atom. The third-order valence-corrected chi connectivity index (χ3v) is 4.65. The highest BCUT2D eigenvalue weighted by Gasteiger charge is 2.16. The molecule has 0 bridgehead atoms. The third-order valence-electron chi connectivity index (χ3n) is 4.65. The molecule has 146 valence electrons. The molecule has 2 N–H and O–H groups in total. The maximum Gasteiger partial charge on any atom is 0.319 e. The van der Waals surface area contributed by atoms with Crippen molar-refractivity contribution in [2.75, 3.05) is 11.9 Å². The van der Waals surface area contributed by atoms with E-state index in [2.05, 4.69) is 26.9 Å². The van der Waals surface area contributed by atoms with Crippen molar-refractivity contribution in [3.05, 3.63) is 66.2 Å². The molecule has 0 saturated carbocycles. The Morgan fingerprint density at radius 1 is 1.21 bits per heavy atom. The average Bonchev–Trinajstić information content (AvgIpc) is 3.45. The largest absolute Gasteiger partial charge is 0.376 e. The van der Waals surface area contributed by atoms with Gasteiger partial charge in [0.15, 0.2) is 0 Å². The van der Waals surface area contributed by atoms with E-state index in [1.54, 1.807) is 12.4 Å². The van der Waals surface area contributed by atoms with Gasteiger partial charge in [-0.2, -0.15) is 10.2 Å². The Balaban J connectivity index is 1.26. The summed E-state index contributed by atoms with van der Waals surface area (Å²) in [5.41, 5.74) is 2.84. The van der Waals surface area contributed by atoms with Crippen LogP contribution in [-0.4, -0.2) is 38.3 Å². The fraction of sp³-hybridized carbons (Fsp3) is 0.350. The van der Waals surface area contributed by atoms with Crippen molar-refractivity contribution in [3.63, 3.8) is 0 Å².